The van der Waals surface area contributed by atoms with Crippen molar-refractivity contribution in [1.29, 1.82) is 0 Å². The van der Waals surface area contributed by atoms with Gasteiger partial charge in [0.25, 0.3) is 0 Å². The van der Waals surface area contributed by atoms with E-state index < -0.39 is 0 Å². The maximum absolute atomic E-state index is 12.2. The summed E-state index contributed by atoms with van der Waals surface area (Å²) in [5.74, 6) is 0.715. The highest BCUT2D eigenvalue weighted by Crippen LogP contribution is 2.26. The topological polar surface area (TPSA) is 35.5 Å². The van der Waals surface area contributed by atoms with Gasteiger partial charge in [0.15, 0.2) is 5.76 Å². The Morgan fingerprint density at radius 3 is 2.94 bits per heavy atom. The Balaban J connectivity index is 2.33. The normalized spacial score (nSPS) is 14.8. The van der Waals surface area contributed by atoms with E-state index in [1.165, 1.54) is 7.11 Å². The molecule has 3 nitrogen and oxygen atoms in total. The van der Waals surface area contributed by atoms with Crippen molar-refractivity contribution in [3.8, 4) is 5.75 Å². The van der Waals surface area contributed by atoms with E-state index in [1.54, 1.807) is 18.2 Å². The molecular formula is C13H13ClO3. The first kappa shape index (κ1) is 12.0. The van der Waals surface area contributed by atoms with Crippen LogP contribution in [0.4, 0.5) is 0 Å². The summed E-state index contributed by atoms with van der Waals surface area (Å²) in [6, 6.07) is 4.95. The van der Waals surface area contributed by atoms with Crippen molar-refractivity contribution >= 4 is 17.4 Å². The lowest BCUT2D eigenvalue weighted by Crippen LogP contribution is -2.12. The highest BCUT2D eigenvalue weighted by atomic mass is 35.5. The lowest BCUT2D eigenvalue weighted by molar-refractivity contribution is 0.0896. The van der Waals surface area contributed by atoms with Gasteiger partial charge in [-0.3, -0.25) is 4.79 Å². The largest absolute Gasteiger partial charge is 0.496 e. The van der Waals surface area contributed by atoms with Crippen LogP contribution in [0, 0.1) is 0 Å². The predicted molar refractivity (Wildman–Crippen MR) is 65.6 cm³/mol. The van der Waals surface area contributed by atoms with E-state index in [1.807, 2.05) is 6.08 Å². The number of rotatable bonds is 3. The molecule has 0 atom stereocenters. The minimum Gasteiger partial charge on any atom is -0.496 e. The second kappa shape index (κ2) is 5.23. The highest BCUT2D eigenvalue weighted by Gasteiger charge is 2.19. The summed E-state index contributed by atoms with van der Waals surface area (Å²) in [5.41, 5.74) is 0.477. The van der Waals surface area contributed by atoms with Crippen molar-refractivity contribution in [2.75, 3.05) is 13.7 Å². The molecule has 1 heterocycles. The number of carbonyl (C=O) groups excluding carboxylic acids is 1. The zero-order chi connectivity index (χ0) is 12.3. The third-order valence-corrected chi connectivity index (χ3v) is 2.80. The average Bonchev–Trinajstić information content (AvgIpc) is 2.39. The van der Waals surface area contributed by atoms with Crippen LogP contribution >= 0.6 is 11.6 Å². The molecule has 0 N–H and O–H groups in total. The molecule has 0 spiro atoms. The Bertz CT molecular complexity index is 466. The Hall–Kier alpha value is -1.48. The number of hydrogen-bond donors (Lipinski definition) is 0. The van der Waals surface area contributed by atoms with E-state index in [0.29, 0.717) is 28.7 Å². The van der Waals surface area contributed by atoms with Crippen LogP contribution < -0.4 is 4.74 Å². The number of ketones is 1. The lowest BCUT2D eigenvalue weighted by atomic mass is 10.1. The molecule has 1 aromatic rings. The summed E-state index contributed by atoms with van der Waals surface area (Å²) >= 11 is 5.85. The number of allylic oxidation sites excluding steroid dienone is 2. The van der Waals surface area contributed by atoms with Crippen LogP contribution in [0.2, 0.25) is 5.02 Å². The molecule has 0 saturated heterocycles. The summed E-state index contributed by atoms with van der Waals surface area (Å²) in [4.78, 5) is 12.2. The molecule has 17 heavy (non-hydrogen) atoms. The number of halogens is 1. The lowest BCUT2D eigenvalue weighted by Gasteiger charge is -2.15. The van der Waals surface area contributed by atoms with Crippen LogP contribution in [0.3, 0.4) is 0 Å². The molecule has 0 unspecified atom stereocenters. The first-order chi connectivity index (χ1) is 8.22. The minimum absolute atomic E-state index is 0.154. The molecule has 2 rings (SSSR count). The molecule has 0 radical (unpaired) electrons. The van der Waals surface area contributed by atoms with Gasteiger partial charge in [-0.05, 0) is 37.1 Å². The zero-order valence-corrected chi connectivity index (χ0v) is 10.3. The van der Waals surface area contributed by atoms with E-state index >= 15 is 0 Å². The zero-order valence-electron chi connectivity index (χ0n) is 9.53. The van der Waals surface area contributed by atoms with Crippen molar-refractivity contribution in [3.63, 3.8) is 0 Å². The van der Waals surface area contributed by atoms with Gasteiger partial charge in [-0.25, -0.2) is 0 Å². The van der Waals surface area contributed by atoms with Crippen molar-refractivity contribution in [2.45, 2.75) is 12.8 Å². The molecular weight excluding hydrogens is 240 g/mol. The van der Waals surface area contributed by atoms with Crippen molar-refractivity contribution < 1.29 is 14.3 Å². The predicted octanol–water partition coefficient (Wildman–Crippen LogP) is 3.23. The maximum atomic E-state index is 12.2. The summed E-state index contributed by atoms with van der Waals surface area (Å²) in [7, 11) is 1.51. The number of benzene rings is 1. The molecule has 0 fully saturated rings. The van der Waals surface area contributed by atoms with E-state index in [0.717, 1.165) is 12.8 Å². The molecule has 1 aliphatic rings. The number of Topliss-reactive ketones (excluding diaryl/α,β-unsaturated/α-hetero) is 1. The third-order valence-electron chi connectivity index (χ3n) is 2.57. The number of hydrogen-bond acceptors (Lipinski definition) is 3. The number of methoxy groups -OCH3 is 1. The van der Waals surface area contributed by atoms with Gasteiger partial charge < -0.3 is 9.47 Å². The van der Waals surface area contributed by atoms with Gasteiger partial charge in [0.05, 0.1) is 19.3 Å². The number of ether oxygens (including phenoxy) is 2. The molecule has 0 saturated carbocycles. The average molecular weight is 253 g/mol. The summed E-state index contributed by atoms with van der Waals surface area (Å²) in [5, 5.41) is 0.539. The van der Waals surface area contributed by atoms with Gasteiger partial charge in [0.2, 0.25) is 5.78 Å². The third kappa shape index (κ3) is 2.61. The van der Waals surface area contributed by atoms with Gasteiger partial charge in [0, 0.05) is 5.02 Å². The smallest absolute Gasteiger partial charge is 0.230 e. The van der Waals surface area contributed by atoms with Gasteiger partial charge in [-0.1, -0.05) is 11.6 Å². The standard InChI is InChI=1S/C13H13ClO3/c1-16-12-8-9(14)5-6-10(12)13(15)11-4-2-3-7-17-11/h4-6,8H,2-3,7H2,1H3. The fourth-order valence-electron chi connectivity index (χ4n) is 1.70. The second-order valence-electron chi connectivity index (χ2n) is 3.73. The Morgan fingerprint density at radius 1 is 1.47 bits per heavy atom. The Kier molecular flexibility index (Phi) is 3.69. The molecule has 90 valence electrons. The molecule has 0 amide bonds. The second-order valence-corrected chi connectivity index (χ2v) is 4.17. The quantitative estimate of drug-likeness (QED) is 0.775. The number of carbonyl (C=O) groups is 1. The van der Waals surface area contributed by atoms with Crippen molar-refractivity contribution in [3.05, 3.63) is 40.6 Å². The molecule has 4 heteroatoms. The van der Waals surface area contributed by atoms with Crippen LogP contribution in [-0.2, 0) is 4.74 Å². The molecule has 0 bridgehead atoms. The molecule has 0 aromatic heterocycles. The Morgan fingerprint density at radius 2 is 2.29 bits per heavy atom. The summed E-state index contributed by atoms with van der Waals surface area (Å²) in [6.45, 7) is 0.591. The van der Waals surface area contributed by atoms with Gasteiger partial charge in [-0.2, -0.15) is 0 Å². The van der Waals surface area contributed by atoms with Crippen molar-refractivity contribution in [1.82, 2.24) is 0 Å². The minimum atomic E-state index is -0.154. The van der Waals surface area contributed by atoms with E-state index in [9.17, 15) is 4.79 Å². The molecule has 1 aliphatic heterocycles. The SMILES string of the molecule is COc1cc(Cl)ccc1C(=O)C1=CCCCO1. The van der Waals surface area contributed by atoms with Gasteiger partial charge in [-0.15, -0.1) is 0 Å². The first-order valence-corrected chi connectivity index (χ1v) is 5.81. The molecule has 0 aliphatic carbocycles. The summed E-state index contributed by atoms with van der Waals surface area (Å²) < 4.78 is 10.5. The fraction of sp³-hybridized carbons (Fsp3) is 0.308. The van der Waals surface area contributed by atoms with E-state index in [-0.39, 0.29) is 5.78 Å². The van der Waals surface area contributed by atoms with Crippen LogP contribution in [0.1, 0.15) is 23.2 Å². The van der Waals surface area contributed by atoms with Crippen LogP contribution in [0.15, 0.2) is 30.0 Å². The molecule has 1 aromatic carbocycles. The summed E-state index contributed by atoms with van der Waals surface area (Å²) in [6.07, 6.45) is 3.64. The fourth-order valence-corrected chi connectivity index (χ4v) is 1.86. The van der Waals surface area contributed by atoms with Crippen molar-refractivity contribution in [2.24, 2.45) is 0 Å². The van der Waals surface area contributed by atoms with E-state index in [4.69, 9.17) is 21.1 Å². The van der Waals surface area contributed by atoms with Gasteiger partial charge >= 0.3 is 0 Å². The van der Waals surface area contributed by atoms with E-state index in [2.05, 4.69) is 0 Å². The van der Waals surface area contributed by atoms with Gasteiger partial charge in [0.1, 0.15) is 5.75 Å². The van der Waals surface area contributed by atoms with Crippen LogP contribution in [0.5, 0.6) is 5.75 Å². The first-order valence-electron chi connectivity index (χ1n) is 5.43. The Labute approximate surface area is 105 Å². The van der Waals surface area contributed by atoms with Crippen LogP contribution in [-0.4, -0.2) is 19.5 Å². The monoisotopic (exact) mass is 252 g/mol. The maximum Gasteiger partial charge on any atom is 0.230 e. The highest BCUT2D eigenvalue weighted by molar-refractivity contribution is 6.31. The van der Waals surface area contributed by atoms with Crippen LogP contribution in [0.25, 0.3) is 0 Å².